The van der Waals surface area contributed by atoms with E-state index in [9.17, 15) is 0 Å². The van der Waals surface area contributed by atoms with Gasteiger partial charge in [-0.15, -0.1) is 0 Å². The van der Waals surface area contributed by atoms with Gasteiger partial charge in [0.25, 0.3) is 0 Å². The Kier molecular flexibility index (Phi) is 3.86. The highest BCUT2D eigenvalue weighted by atomic mass is 14.6. The molecule has 1 aliphatic rings. The molecule has 0 saturated carbocycles. The van der Waals surface area contributed by atoms with Gasteiger partial charge in [-0.3, -0.25) is 4.98 Å². The number of pyridine rings is 1. The molecule has 20 heavy (non-hydrogen) atoms. The standard InChI is InChI=1S/C19H23N/c1-3-15(12-14(2)16-8-10-20-11-9-16)18-6-4-17-5-7-19(17)13-18/h4,6,8-11,13-15H,3,5,7,12H2,1-2H3. The number of rotatable bonds is 5. The summed E-state index contributed by atoms with van der Waals surface area (Å²) in [7, 11) is 0. The fourth-order valence-electron chi connectivity index (χ4n) is 3.26. The molecular weight excluding hydrogens is 242 g/mol. The molecule has 1 nitrogen and oxygen atoms in total. The van der Waals surface area contributed by atoms with E-state index in [1.807, 2.05) is 12.4 Å². The van der Waals surface area contributed by atoms with Crippen molar-refractivity contribution in [1.82, 2.24) is 4.98 Å². The van der Waals surface area contributed by atoms with Crippen LogP contribution in [0.1, 0.15) is 60.8 Å². The van der Waals surface area contributed by atoms with E-state index in [4.69, 9.17) is 0 Å². The maximum absolute atomic E-state index is 4.11. The minimum atomic E-state index is 0.592. The molecule has 1 aromatic heterocycles. The van der Waals surface area contributed by atoms with E-state index in [-0.39, 0.29) is 0 Å². The molecule has 2 atom stereocenters. The van der Waals surface area contributed by atoms with E-state index in [0.29, 0.717) is 11.8 Å². The second-order valence-electron chi connectivity index (χ2n) is 6.05. The van der Waals surface area contributed by atoms with Gasteiger partial charge in [0.1, 0.15) is 0 Å². The molecule has 1 heterocycles. The minimum Gasteiger partial charge on any atom is -0.265 e. The van der Waals surface area contributed by atoms with Gasteiger partial charge in [-0.05, 0) is 71.9 Å². The summed E-state index contributed by atoms with van der Waals surface area (Å²) >= 11 is 0. The highest BCUT2D eigenvalue weighted by molar-refractivity contribution is 5.40. The smallest absolute Gasteiger partial charge is 0.0270 e. The lowest BCUT2D eigenvalue weighted by atomic mass is 9.80. The fourth-order valence-corrected chi connectivity index (χ4v) is 3.26. The predicted octanol–water partition coefficient (Wildman–Crippen LogP) is 4.87. The summed E-state index contributed by atoms with van der Waals surface area (Å²) in [4.78, 5) is 4.11. The monoisotopic (exact) mass is 265 g/mol. The molecule has 0 saturated heterocycles. The van der Waals surface area contributed by atoms with Crippen LogP contribution in [0.25, 0.3) is 0 Å². The lowest BCUT2D eigenvalue weighted by Gasteiger charge is -2.24. The largest absolute Gasteiger partial charge is 0.265 e. The number of aromatic nitrogens is 1. The van der Waals surface area contributed by atoms with Gasteiger partial charge in [0.2, 0.25) is 0 Å². The Balaban J connectivity index is 1.75. The zero-order valence-electron chi connectivity index (χ0n) is 12.5. The van der Waals surface area contributed by atoms with E-state index in [2.05, 4.69) is 49.2 Å². The SMILES string of the molecule is CCC(CC(C)c1ccncc1)c1ccc2c(c1)CC2. The third kappa shape index (κ3) is 2.63. The van der Waals surface area contributed by atoms with Crippen molar-refractivity contribution in [3.05, 3.63) is 65.0 Å². The molecule has 0 N–H and O–H groups in total. The van der Waals surface area contributed by atoms with Crippen LogP contribution >= 0.6 is 0 Å². The van der Waals surface area contributed by atoms with Crippen LogP contribution < -0.4 is 0 Å². The molecule has 3 rings (SSSR count). The molecule has 2 aromatic rings. The molecule has 104 valence electrons. The van der Waals surface area contributed by atoms with Crippen LogP contribution in [0.5, 0.6) is 0 Å². The van der Waals surface area contributed by atoms with Crippen molar-refractivity contribution in [3.63, 3.8) is 0 Å². The zero-order valence-corrected chi connectivity index (χ0v) is 12.5. The van der Waals surface area contributed by atoms with Crippen molar-refractivity contribution in [2.45, 2.75) is 51.4 Å². The Morgan fingerprint density at radius 1 is 1.00 bits per heavy atom. The third-order valence-electron chi connectivity index (χ3n) is 4.77. The molecule has 2 unspecified atom stereocenters. The molecule has 1 heteroatoms. The number of benzene rings is 1. The van der Waals surface area contributed by atoms with Crippen molar-refractivity contribution >= 4 is 0 Å². The van der Waals surface area contributed by atoms with Gasteiger partial charge >= 0.3 is 0 Å². The summed E-state index contributed by atoms with van der Waals surface area (Å²) in [5.41, 5.74) is 6.08. The second-order valence-corrected chi connectivity index (χ2v) is 6.05. The van der Waals surface area contributed by atoms with E-state index >= 15 is 0 Å². The average molecular weight is 265 g/mol. The number of hydrogen-bond donors (Lipinski definition) is 0. The molecule has 0 radical (unpaired) electrons. The Morgan fingerprint density at radius 3 is 2.35 bits per heavy atom. The molecule has 0 fully saturated rings. The Hall–Kier alpha value is -1.63. The van der Waals surface area contributed by atoms with Crippen LogP contribution in [-0.2, 0) is 12.8 Å². The minimum absolute atomic E-state index is 0.592. The van der Waals surface area contributed by atoms with E-state index in [0.717, 1.165) is 0 Å². The quantitative estimate of drug-likeness (QED) is 0.751. The molecule has 0 spiro atoms. The van der Waals surface area contributed by atoms with Gasteiger partial charge in [0.15, 0.2) is 0 Å². The van der Waals surface area contributed by atoms with Crippen molar-refractivity contribution in [1.29, 1.82) is 0 Å². The lowest BCUT2D eigenvalue weighted by Crippen LogP contribution is -2.10. The maximum atomic E-state index is 4.11. The van der Waals surface area contributed by atoms with Crippen LogP contribution in [0.15, 0.2) is 42.7 Å². The van der Waals surface area contributed by atoms with Crippen molar-refractivity contribution in [2.75, 3.05) is 0 Å². The number of aryl methyl sites for hydroxylation is 2. The fraction of sp³-hybridized carbons (Fsp3) is 0.421. The first-order chi connectivity index (χ1) is 9.78. The Morgan fingerprint density at radius 2 is 1.75 bits per heavy atom. The van der Waals surface area contributed by atoms with Crippen LogP contribution in [-0.4, -0.2) is 4.98 Å². The van der Waals surface area contributed by atoms with Crippen molar-refractivity contribution in [3.8, 4) is 0 Å². The van der Waals surface area contributed by atoms with Gasteiger partial charge in [-0.25, -0.2) is 0 Å². The molecule has 1 aliphatic carbocycles. The maximum Gasteiger partial charge on any atom is 0.0270 e. The Bertz CT molecular complexity index is 574. The average Bonchev–Trinajstić information content (AvgIpc) is 2.47. The summed E-state index contributed by atoms with van der Waals surface area (Å²) in [6.45, 7) is 4.64. The summed E-state index contributed by atoms with van der Waals surface area (Å²) in [5, 5.41) is 0. The first-order valence-electron chi connectivity index (χ1n) is 7.79. The number of nitrogens with zero attached hydrogens (tertiary/aromatic N) is 1. The van der Waals surface area contributed by atoms with Gasteiger partial charge in [0, 0.05) is 12.4 Å². The van der Waals surface area contributed by atoms with Gasteiger partial charge in [-0.2, -0.15) is 0 Å². The number of fused-ring (bicyclic) bond motifs is 1. The summed E-state index contributed by atoms with van der Waals surface area (Å²) in [6.07, 6.45) is 8.79. The molecule has 1 aromatic carbocycles. The topological polar surface area (TPSA) is 12.9 Å². The Labute approximate surface area is 122 Å². The summed E-state index contributed by atoms with van der Waals surface area (Å²) in [5.74, 6) is 1.26. The first-order valence-corrected chi connectivity index (χ1v) is 7.79. The highest BCUT2D eigenvalue weighted by Crippen LogP contribution is 2.34. The predicted molar refractivity (Wildman–Crippen MR) is 84.2 cm³/mol. The third-order valence-corrected chi connectivity index (χ3v) is 4.77. The van der Waals surface area contributed by atoms with Gasteiger partial charge < -0.3 is 0 Å². The molecular formula is C19H23N. The van der Waals surface area contributed by atoms with Crippen LogP contribution in [0.4, 0.5) is 0 Å². The lowest BCUT2D eigenvalue weighted by molar-refractivity contribution is 0.543. The summed E-state index contributed by atoms with van der Waals surface area (Å²) in [6, 6.07) is 11.4. The van der Waals surface area contributed by atoms with Crippen molar-refractivity contribution < 1.29 is 0 Å². The van der Waals surface area contributed by atoms with Crippen LogP contribution in [0.3, 0.4) is 0 Å². The molecule has 0 bridgehead atoms. The van der Waals surface area contributed by atoms with Crippen LogP contribution in [0.2, 0.25) is 0 Å². The van der Waals surface area contributed by atoms with Crippen molar-refractivity contribution in [2.24, 2.45) is 0 Å². The number of hydrogen-bond acceptors (Lipinski definition) is 1. The van der Waals surface area contributed by atoms with E-state index < -0.39 is 0 Å². The van der Waals surface area contributed by atoms with Crippen LogP contribution in [0, 0.1) is 0 Å². The first kappa shape index (κ1) is 13.4. The summed E-state index contributed by atoms with van der Waals surface area (Å²) < 4.78 is 0. The van der Waals surface area contributed by atoms with E-state index in [1.54, 1.807) is 11.1 Å². The second kappa shape index (κ2) is 5.78. The molecule has 0 aliphatic heterocycles. The zero-order chi connectivity index (χ0) is 13.9. The van der Waals surface area contributed by atoms with Gasteiger partial charge in [0.05, 0.1) is 0 Å². The normalized spacial score (nSPS) is 16.1. The highest BCUT2D eigenvalue weighted by Gasteiger charge is 2.18. The van der Waals surface area contributed by atoms with E-state index in [1.165, 1.54) is 36.8 Å². The molecule has 0 amide bonds. The van der Waals surface area contributed by atoms with Gasteiger partial charge in [-0.1, -0.05) is 32.0 Å².